The summed E-state index contributed by atoms with van der Waals surface area (Å²) < 4.78 is 0. The van der Waals surface area contributed by atoms with Crippen LogP contribution in [0.25, 0.3) is 0 Å². The molecular weight excluding hydrogens is 220 g/mol. The van der Waals surface area contributed by atoms with Gasteiger partial charge in [-0.25, -0.2) is 4.79 Å². The summed E-state index contributed by atoms with van der Waals surface area (Å²) in [6, 6.07) is 0.0474. The predicted octanol–water partition coefficient (Wildman–Crippen LogP) is 1.34. The SMILES string of the molecule is CC1CC1NC(=O)NCC1(C(=O)O)CCCC1. The number of aliphatic carboxylic acids is 1. The highest BCUT2D eigenvalue weighted by Gasteiger charge is 2.42. The average Bonchev–Trinajstić information content (AvgIpc) is 2.82. The Labute approximate surface area is 101 Å². The number of carboxylic acid groups (broad SMARTS) is 1. The highest BCUT2D eigenvalue weighted by molar-refractivity contribution is 5.78. The molecule has 96 valence electrons. The maximum Gasteiger partial charge on any atom is 0.315 e. The standard InChI is InChI=1S/C12H20N2O3/c1-8-6-9(8)14-11(17)13-7-12(10(15)16)4-2-3-5-12/h8-9H,2-7H2,1H3,(H,15,16)(H2,13,14,17). The summed E-state index contributed by atoms with van der Waals surface area (Å²) in [4.78, 5) is 22.8. The van der Waals surface area contributed by atoms with Gasteiger partial charge in [0.1, 0.15) is 0 Å². The van der Waals surface area contributed by atoms with Gasteiger partial charge in [-0.1, -0.05) is 19.8 Å². The van der Waals surface area contributed by atoms with E-state index in [2.05, 4.69) is 17.6 Å². The van der Waals surface area contributed by atoms with Gasteiger partial charge in [-0.05, 0) is 25.2 Å². The highest BCUT2D eigenvalue weighted by Crippen LogP contribution is 2.37. The molecule has 2 rings (SSSR count). The van der Waals surface area contributed by atoms with Crippen LogP contribution in [0.1, 0.15) is 39.0 Å². The van der Waals surface area contributed by atoms with Crippen molar-refractivity contribution in [1.82, 2.24) is 10.6 Å². The Balaban J connectivity index is 1.79. The van der Waals surface area contributed by atoms with E-state index in [0.29, 0.717) is 18.8 Å². The van der Waals surface area contributed by atoms with Crippen molar-refractivity contribution in [2.24, 2.45) is 11.3 Å². The van der Waals surface area contributed by atoms with Crippen LogP contribution in [-0.2, 0) is 4.79 Å². The molecule has 0 radical (unpaired) electrons. The molecule has 0 saturated heterocycles. The van der Waals surface area contributed by atoms with Gasteiger partial charge in [0, 0.05) is 12.6 Å². The van der Waals surface area contributed by atoms with Crippen LogP contribution in [0.5, 0.6) is 0 Å². The second-order valence-electron chi connectivity index (χ2n) is 5.44. The van der Waals surface area contributed by atoms with E-state index in [-0.39, 0.29) is 18.6 Å². The molecule has 0 aliphatic heterocycles. The molecule has 0 aromatic heterocycles. The second-order valence-corrected chi connectivity index (χ2v) is 5.44. The van der Waals surface area contributed by atoms with Gasteiger partial charge < -0.3 is 15.7 Å². The normalized spacial score (nSPS) is 29.7. The van der Waals surface area contributed by atoms with E-state index in [1.165, 1.54) is 0 Å². The minimum Gasteiger partial charge on any atom is -0.481 e. The van der Waals surface area contributed by atoms with E-state index in [1.807, 2.05) is 0 Å². The van der Waals surface area contributed by atoms with Crippen LogP contribution < -0.4 is 10.6 Å². The first-order chi connectivity index (χ1) is 8.03. The molecule has 2 unspecified atom stereocenters. The summed E-state index contributed by atoms with van der Waals surface area (Å²) >= 11 is 0. The van der Waals surface area contributed by atoms with Crippen LogP contribution >= 0.6 is 0 Å². The van der Waals surface area contributed by atoms with Crippen molar-refractivity contribution >= 4 is 12.0 Å². The summed E-state index contributed by atoms with van der Waals surface area (Å²) in [5, 5.41) is 14.8. The number of carbonyl (C=O) groups excluding carboxylic acids is 1. The Morgan fingerprint density at radius 2 is 1.94 bits per heavy atom. The fourth-order valence-electron chi connectivity index (χ4n) is 2.51. The van der Waals surface area contributed by atoms with Crippen molar-refractivity contribution in [2.75, 3.05) is 6.54 Å². The van der Waals surface area contributed by atoms with Crippen molar-refractivity contribution in [1.29, 1.82) is 0 Å². The third kappa shape index (κ3) is 2.70. The van der Waals surface area contributed by atoms with Crippen LogP contribution in [0.3, 0.4) is 0 Å². The van der Waals surface area contributed by atoms with E-state index >= 15 is 0 Å². The first-order valence-corrected chi connectivity index (χ1v) is 6.31. The first kappa shape index (κ1) is 12.2. The molecule has 0 aromatic carbocycles. The van der Waals surface area contributed by atoms with E-state index in [1.54, 1.807) is 0 Å². The van der Waals surface area contributed by atoms with Crippen LogP contribution in [0.15, 0.2) is 0 Å². The smallest absolute Gasteiger partial charge is 0.315 e. The van der Waals surface area contributed by atoms with E-state index in [4.69, 9.17) is 0 Å². The quantitative estimate of drug-likeness (QED) is 0.694. The molecule has 0 spiro atoms. The van der Waals surface area contributed by atoms with Gasteiger partial charge in [-0.2, -0.15) is 0 Å². The molecule has 5 nitrogen and oxygen atoms in total. The zero-order chi connectivity index (χ0) is 12.5. The lowest BCUT2D eigenvalue weighted by molar-refractivity contribution is -0.148. The van der Waals surface area contributed by atoms with Gasteiger partial charge in [-0.15, -0.1) is 0 Å². The Kier molecular flexibility index (Phi) is 3.26. The van der Waals surface area contributed by atoms with Crippen LogP contribution in [0.4, 0.5) is 4.79 Å². The van der Waals surface area contributed by atoms with Crippen molar-refractivity contribution in [2.45, 2.75) is 45.1 Å². The van der Waals surface area contributed by atoms with Crippen LogP contribution in [0.2, 0.25) is 0 Å². The Morgan fingerprint density at radius 1 is 1.35 bits per heavy atom. The third-order valence-electron chi connectivity index (χ3n) is 4.03. The van der Waals surface area contributed by atoms with Crippen LogP contribution in [0, 0.1) is 11.3 Å². The molecule has 2 saturated carbocycles. The third-order valence-corrected chi connectivity index (χ3v) is 4.03. The van der Waals surface area contributed by atoms with Crippen molar-refractivity contribution < 1.29 is 14.7 Å². The number of hydrogen-bond donors (Lipinski definition) is 3. The lowest BCUT2D eigenvalue weighted by Crippen LogP contribution is -2.45. The zero-order valence-corrected chi connectivity index (χ0v) is 10.2. The van der Waals surface area contributed by atoms with E-state index in [9.17, 15) is 14.7 Å². The second kappa shape index (κ2) is 4.55. The summed E-state index contributed by atoms with van der Waals surface area (Å²) in [5.41, 5.74) is -0.730. The number of nitrogens with one attached hydrogen (secondary N) is 2. The lowest BCUT2D eigenvalue weighted by Gasteiger charge is -2.24. The predicted molar refractivity (Wildman–Crippen MR) is 62.6 cm³/mol. The minimum absolute atomic E-state index is 0.230. The number of hydrogen-bond acceptors (Lipinski definition) is 2. The lowest BCUT2D eigenvalue weighted by atomic mass is 9.86. The van der Waals surface area contributed by atoms with Gasteiger partial charge in [0.2, 0.25) is 0 Å². The van der Waals surface area contributed by atoms with Gasteiger partial charge in [0.05, 0.1) is 5.41 Å². The molecule has 3 N–H and O–H groups in total. The molecule has 2 amide bonds. The topological polar surface area (TPSA) is 78.4 Å². The van der Waals surface area contributed by atoms with Gasteiger partial charge >= 0.3 is 12.0 Å². The summed E-state index contributed by atoms with van der Waals surface area (Å²) in [7, 11) is 0. The fraction of sp³-hybridized carbons (Fsp3) is 0.833. The van der Waals surface area contributed by atoms with Crippen molar-refractivity contribution in [3.63, 3.8) is 0 Å². The van der Waals surface area contributed by atoms with Crippen molar-refractivity contribution in [3.05, 3.63) is 0 Å². The molecule has 2 fully saturated rings. The Bertz CT molecular complexity index is 324. The number of amides is 2. The van der Waals surface area contributed by atoms with Gasteiger partial charge in [0.25, 0.3) is 0 Å². The molecule has 17 heavy (non-hydrogen) atoms. The molecule has 2 aliphatic carbocycles. The van der Waals surface area contributed by atoms with Gasteiger partial charge in [-0.3, -0.25) is 4.79 Å². The number of carboxylic acids is 1. The molecule has 0 aromatic rings. The summed E-state index contributed by atoms with van der Waals surface area (Å²) in [5.74, 6) is -0.226. The first-order valence-electron chi connectivity index (χ1n) is 6.31. The Hall–Kier alpha value is -1.26. The molecule has 2 atom stereocenters. The number of rotatable bonds is 4. The van der Waals surface area contributed by atoms with Gasteiger partial charge in [0.15, 0.2) is 0 Å². The maximum absolute atomic E-state index is 11.5. The average molecular weight is 240 g/mol. The maximum atomic E-state index is 11.5. The number of urea groups is 1. The molecule has 0 bridgehead atoms. The van der Waals surface area contributed by atoms with E-state index < -0.39 is 11.4 Å². The van der Waals surface area contributed by atoms with Crippen LogP contribution in [-0.4, -0.2) is 29.7 Å². The summed E-state index contributed by atoms with van der Waals surface area (Å²) in [6.45, 7) is 2.33. The molecule has 2 aliphatic rings. The molecule has 5 heteroatoms. The number of carbonyl (C=O) groups is 2. The largest absolute Gasteiger partial charge is 0.481 e. The molecular formula is C12H20N2O3. The van der Waals surface area contributed by atoms with E-state index in [0.717, 1.165) is 19.3 Å². The fourth-order valence-corrected chi connectivity index (χ4v) is 2.51. The Morgan fingerprint density at radius 3 is 2.41 bits per heavy atom. The monoisotopic (exact) mass is 240 g/mol. The zero-order valence-electron chi connectivity index (χ0n) is 10.2. The van der Waals surface area contributed by atoms with Crippen molar-refractivity contribution in [3.8, 4) is 0 Å². The highest BCUT2D eigenvalue weighted by atomic mass is 16.4. The molecule has 0 heterocycles. The minimum atomic E-state index is -0.782. The summed E-state index contributed by atoms with van der Waals surface area (Å²) in [6.07, 6.45) is 4.24.